The van der Waals surface area contributed by atoms with Gasteiger partial charge in [-0.15, -0.1) is 0 Å². The van der Waals surface area contributed by atoms with E-state index in [1.54, 1.807) is 11.1 Å². The summed E-state index contributed by atoms with van der Waals surface area (Å²) in [6.07, 6.45) is 7.51. The van der Waals surface area contributed by atoms with Gasteiger partial charge in [-0.2, -0.15) is 0 Å². The van der Waals surface area contributed by atoms with Crippen molar-refractivity contribution >= 4 is 5.69 Å². The maximum Gasteiger partial charge on any atom is 0.0374 e. The molecule has 1 heteroatoms. The van der Waals surface area contributed by atoms with Crippen LogP contribution in [-0.4, -0.2) is 6.04 Å². The molecule has 1 N–H and O–H groups in total. The number of anilines is 1. The van der Waals surface area contributed by atoms with Gasteiger partial charge >= 0.3 is 0 Å². The van der Waals surface area contributed by atoms with Gasteiger partial charge in [0.25, 0.3) is 0 Å². The molecule has 0 saturated carbocycles. The van der Waals surface area contributed by atoms with Gasteiger partial charge in [-0.3, -0.25) is 0 Å². The lowest BCUT2D eigenvalue weighted by molar-refractivity contribution is 0.628. The zero-order valence-electron chi connectivity index (χ0n) is 11.9. The molecule has 2 aromatic carbocycles. The van der Waals surface area contributed by atoms with Crippen LogP contribution in [0.5, 0.6) is 0 Å². The van der Waals surface area contributed by atoms with Crippen molar-refractivity contribution in [2.45, 2.75) is 44.6 Å². The first-order chi connectivity index (χ1) is 9.88. The lowest BCUT2D eigenvalue weighted by Gasteiger charge is -2.27. The molecule has 1 atom stereocenters. The molecule has 2 aliphatic rings. The zero-order valence-corrected chi connectivity index (χ0v) is 11.9. The largest absolute Gasteiger partial charge is 0.382 e. The van der Waals surface area contributed by atoms with Gasteiger partial charge in [0, 0.05) is 11.7 Å². The van der Waals surface area contributed by atoms with E-state index in [9.17, 15) is 0 Å². The number of rotatable bonds is 2. The molecule has 1 aliphatic carbocycles. The lowest BCUT2D eigenvalue weighted by atomic mass is 9.93. The van der Waals surface area contributed by atoms with Crippen molar-refractivity contribution in [2.75, 3.05) is 5.32 Å². The van der Waals surface area contributed by atoms with E-state index in [1.807, 2.05) is 0 Å². The Morgan fingerprint density at radius 2 is 1.80 bits per heavy atom. The second-order valence-corrected chi connectivity index (χ2v) is 6.20. The molecule has 1 unspecified atom stereocenters. The van der Waals surface area contributed by atoms with Gasteiger partial charge in [0.05, 0.1) is 0 Å². The Morgan fingerprint density at radius 3 is 2.80 bits per heavy atom. The maximum absolute atomic E-state index is 3.71. The highest BCUT2D eigenvalue weighted by Crippen LogP contribution is 2.27. The summed E-state index contributed by atoms with van der Waals surface area (Å²) in [6.45, 7) is 0. The standard InChI is InChI=1S/C19H21N/c1-2-7-19-16(4-1)10-11-18(20-19)13-14-8-9-15-5-3-6-17(15)12-14/h1-2,4,7-9,12,18,20H,3,5-6,10-11,13H2. The highest BCUT2D eigenvalue weighted by atomic mass is 14.9. The summed E-state index contributed by atoms with van der Waals surface area (Å²) in [5.41, 5.74) is 7.49. The summed E-state index contributed by atoms with van der Waals surface area (Å²) < 4.78 is 0. The van der Waals surface area contributed by atoms with E-state index in [0.29, 0.717) is 6.04 Å². The molecular formula is C19H21N. The van der Waals surface area contributed by atoms with Gasteiger partial charge < -0.3 is 5.32 Å². The Bertz CT molecular complexity index is 629. The van der Waals surface area contributed by atoms with Crippen molar-refractivity contribution in [3.63, 3.8) is 0 Å². The van der Waals surface area contributed by atoms with Gasteiger partial charge in [0.15, 0.2) is 0 Å². The van der Waals surface area contributed by atoms with E-state index in [-0.39, 0.29) is 0 Å². The molecule has 0 fully saturated rings. The van der Waals surface area contributed by atoms with Crippen LogP contribution in [0.15, 0.2) is 42.5 Å². The average Bonchev–Trinajstić information content (AvgIpc) is 2.95. The van der Waals surface area contributed by atoms with Crippen LogP contribution in [0.1, 0.15) is 35.1 Å². The van der Waals surface area contributed by atoms with Crippen molar-refractivity contribution in [1.29, 1.82) is 0 Å². The van der Waals surface area contributed by atoms with Crippen molar-refractivity contribution in [3.05, 3.63) is 64.7 Å². The third-order valence-corrected chi connectivity index (χ3v) is 4.78. The molecule has 0 spiro atoms. The Balaban J connectivity index is 1.50. The summed E-state index contributed by atoms with van der Waals surface area (Å²) in [4.78, 5) is 0. The smallest absolute Gasteiger partial charge is 0.0374 e. The number of benzene rings is 2. The summed E-state index contributed by atoms with van der Waals surface area (Å²) >= 11 is 0. The predicted octanol–water partition coefficient (Wildman–Crippen LogP) is 4.14. The van der Waals surface area contributed by atoms with Crippen LogP contribution >= 0.6 is 0 Å². The van der Waals surface area contributed by atoms with Gasteiger partial charge in [0.2, 0.25) is 0 Å². The van der Waals surface area contributed by atoms with Crippen molar-refractivity contribution < 1.29 is 0 Å². The second-order valence-electron chi connectivity index (χ2n) is 6.20. The lowest BCUT2D eigenvalue weighted by Crippen LogP contribution is -2.27. The molecule has 20 heavy (non-hydrogen) atoms. The molecule has 2 aromatic rings. The first-order valence-electron chi connectivity index (χ1n) is 7.83. The van der Waals surface area contributed by atoms with Gasteiger partial charge in [-0.25, -0.2) is 0 Å². The number of nitrogens with one attached hydrogen (secondary N) is 1. The molecule has 1 aliphatic heterocycles. The first-order valence-corrected chi connectivity index (χ1v) is 7.83. The summed E-state index contributed by atoms with van der Waals surface area (Å²) in [7, 11) is 0. The van der Waals surface area contributed by atoms with Crippen LogP contribution in [0.2, 0.25) is 0 Å². The molecule has 0 radical (unpaired) electrons. The van der Waals surface area contributed by atoms with Crippen LogP contribution in [-0.2, 0) is 25.7 Å². The third kappa shape index (κ3) is 2.22. The molecule has 0 amide bonds. The summed E-state index contributed by atoms with van der Waals surface area (Å²) in [6, 6.07) is 16.5. The number of aryl methyl sites for hydroxylation is 3. The van der Waals surface area contributed by atoms with Crippen LogP contribution in [0.3, 0.4) is 0 Å². The fourth-order valence-corrected chi connectivity index (χ4v) is 3.69. The number of fused-ring (bicyclic) bond motifs is 2. The average molecular weight is 263 g/mol. The molecule has 102 valence electrons. The maximum atomic E-state index is 3.71. The van der Waals surface area contributed by atoms with E-state index < -0.39 is 0 Å². The van der Waals surface area contributed by atoms with Gasteiger partial charge in [-0.1, -0.05) is 36.4 Å². The Labute approximate surface area is 121 Å². The van der Waals surface area contributed by atoms with Crippen molar-refractivity contribution in [1.82, 2.24) is 0 Å². The van der Waals surface area contributed by atoms with Crippen molar-refractivity contribution in [2.24, 2.45) is 0 Å². The molecule has 0 aromatic heterocycles. The quantitative estimate of drug-likeness (QED) is 0.858. The van der Waals surface area contributed by atoms with Gasteiger partial charge in [0.1, 0.15) is 0 Å². The Hall–Kier alpha value is -1.76. The van der Waals surface area contributed by atoms with Gasteiger partial charge in [-0.05, 0) is 66.8 Å². The van der Waals surface area contributed by atoms with E-state index >= 15 is 0 Å². The zero-order chi connectivity index (χ0) is 13.4. The molecule has 0 bridgehead atoms. The minimum absolute atomic E-state index is 0.587. The number of para-hydroxylation sites is 1. The number of hydrogen-bond donors (Lipinski definition) is 1. The van der Waals surface area contributed by atoms with E-state index in [0.717, 1.165) is 6.42 Å². The van der Waals surface area contributed by atoms with Crippen LogP contribution in [0, 0.1) is 0 Å². The molecule has 1 nitrogen and oxygen atoms in total. The Morgan fingerprint density at radius 1 is 0.900 bits per heavy atom. The van der Waals surface area contributed by atoms with Crippen molar-refractivity contribution in [3.8, 4) is 0 Å². The third-order valence-electron chi connectivity index (χ3n) is 4.78. The van der Waals surface area contributed by atoms with E-state index in [4.69, 9.17) is 0 Å². The Kier molecular flexibility index (Phi) is 2.99. The predicted molar refractivity (Wildman–Crippen MR) is 84.3 cm³/mol. The highest BCUT2D eigenvalue weighted by molar-refractivity contribution is 5.54. The van der Waals surface area contributed by atoms with E-state index in [2.05, 4.69) is 47.8 Å². The molecule has 1 heterocycles. The van der Waals surface area contributed by atoms with E-state index in [1.165, 1.54) is 48.9 Å². The molecule has 4 rings (SSSR count). The summed E-state index contributed by atoms with van der Waals surface area (Å²) in [5.74, 6) is 0. The first kappa shape index (κ1) is 12.0. The molecule has 0 saturated heterocycles. The van der Waals surface area contributed by atoms with Crippen LogP contribution in [0.4, 0.5) is 5.69 Å². The monoisotopic (exact) mass is 263 g/mol. The normalized spacial score (nSPS) is 20.1. The van der Waals surface area contributed by atoms with Crippen LogP contribution < -0.4 is 5.32 Å². The number of hydrogen-bond acceptors (Lipinski definition) is 1. The summed E-state index contributed by atoms with van der Waals surface area (Å²) in [5, 5.41) is 3.71. The highest BCUT2D eigenvalue weighted by Gasteiger charge is 2.18. The second kappa shape index (κ2) is 4.97. The minimum atomic E-state index is 0.587. The topological polar surface area (TPSA) is 12.0 Å². The van der Waals surface area contributed by atoms with Crippen LogP contribution in [0.25, 0.3) is 0 Å². The SMILES string of the molecule is c1ccc2c(c1)CCC(Cc1ccc3c(c1)CCC3)N2. The fraction of sp³-hybridized carbons (Fsp3) is 0.368. The molecular weight excluding hydrogens is 242 g/mol. The minimum Gasteiger partial charge on any atom is -0.382 e. The fourth-order valence-electron chi connectivity index (χ4n) is 3.69.